The van der Waals surface area contributed by atoms with Crippen LogP contribution < -0.4 is 5.32 Å². The van der Waals surface area contributed by atoms with Gasteiger partial charge in [0.25, 0.3) is 11.6 Å². The molecule has 1 aromatic rings. The lowest BCUT2D eigenvalue weighted by molar-refractivity contribution is -0.384. The molecule has 1 amide bonds. The van der Waals surface area contributed by atoms with E-state index in [1.54, 1.807) is 0 Å². The number of carboxylic acids is 1. The van der Waals surface area contributed by atoms with E-state index in [1.165, 1.54) is 19.9 Å². The normalized spacial score (nSPS) is 13.3. The van der Waals surface area contributed by atoms with Crippen LogP contribution >= 0.6 is 23.2 Å². The summed E-state index contributed by atoms with van der Waals surface area (Å²) in [5.74, 6) is -2.55. The molecule has 1 aromatic carbocycles. The summed E-state index contributed by atoms with van der Waals surface area (Å²) in [6, 6.07) is 1.51. The zero-order chi connectivity index (χ0) is 16.3. The first-order chi connectivity index (χ1) is 9.65. The van der Waals surface area contributed by atoms with Gasteiger partial charge in [-0.15, -0.1) is 0 Å². The van der Waals surface area contributed by atoms with Crippen molar-refractivity contribution >= 4 is 40.8 Å². The Morgan fingerprint density at radius 3 is 2.38 bits per heavy atom. The molecule has 0 saturated heterocycles. The second kappa shape index (κ2) is 6.73. The molecule has 9 heteroatoms. The van der Waals surface area contributed by atoms with Crippen molar-refractivity contribution in [3.8, 4) is 0 Å². The average Bonchev–Trinajstić information content (AvgIpc) is 2.39. The minimum atomic E-state index is -1.07. The molecule has 0 aliphatic heterocycles. The molecular weight excluding hydrogens is 323 g/mol. The number of nitrogens with zero attached hydrogens (tertiary/aromatic N) is 1. The first-order valence-electron chi connectivity index (χ1n) is 5.82. The summed E-state index contributed by atoms with van der Waals surface area (Å²) in [6.45, 7) is 2.95. The van der Waals surface area contributed by atoms with Crippen LogP contribution in [0, 0.1) is 16.0 Å². The van der Waals surface area contributed by atoms with Gasteiger partial charge in [0.15, 0.2) is 0 Å². The minimum absolute atomic E-state index is 0.0689. The molecule has 2 unspecified atom stereocenters. The van der Waals surface area contributed by atoms with Gasteiger partial charge in [0.2, 0.25) is 0 Å². The van der Waals surface area contributed by atoms with Crippen molar-refractivity contribution in [2.24, 2.45) is 5.92 Å². The van der Waals surface area contributed by atoms with Crippen LogP contribution in [0.25, 0.3) is 0 Å². The summed E-state index contributed by atoms with van der Waals surface area (Å²) >= 11 is 11.4. The number of nitro groups is 1. The summed E-state index contributed by atoms with van der Waals surface area (Å²) in [5, 5.41) is 21.7. The van der Waals surface area contributed by atoms with Crippen molar-refractivity contribution in [3.63, 3.8) is 0 Å². The van der Waals surface area contributed by atoms with E-state index >= 15 is 0 Å². The van der Waals surface area contributed by atoms with Gasteiger partial charge in [-0.05, 0) is 19.9 Å². The van der Waals surface area contributed by atoms with Gasteiger partial charge in [-0.3, -0.25) is 19.7 Å². The molecule has 0 aromatic heterocycles. The summed E-state index contributed by atoms with van der Waals surface area (Å²) in [7, 11) is 0. The van der Waals surface area contributed by atoms with Gasteiger partial charge < -0.3 is 10.4 Å². The Morgan fingerprint density at radius 2 is 1.90 bits per heavy atom. The van der Waals surface area contributed by atoms with E-state index in [0.29, 0.717) is 0 Å². The number of nitrogens with one attached hydrogen (secondary N) is 1. The highest BCUT2D eigenvalue weighted by molar-refractivity contribution is 6.43. The standard InChI is InChI=1S/C12H12Cl2N2O5/c1-5(12(18)19)6(2)15-11(17)7-3-8(13)10(14)9(4-7)16(20)21/h3-6H,1-2H3,(H,15,17)(H,18,19). The van der Waals surface area contributed by atoms with Crippen LogP contribution in [0.3, 0.4) is 0 Å². The number of hydrogen-bond donors (Lipinski definition) is 2. The third-order valence-electron chi connectivity index (χ3n) is 2.97. The first kappa shape index (κ1) is 17.2. The van der Waals surface area contributed by atoms with E-state index in [0.717, 1.165) is 6.07 Å². The lowest BCUT2D eigenvalue weighted by Crippen LogP contribution is -2.40. The third kappa shape index (κ3) is 4.05. The highest BCUT2D eigenvalue weighted by Crippen LogP contribution is 2.33. The fourth-order valence-corrected chi connectivity index (χ4v) is 1.86. The zero-order valence-electron chi connectivity index (χ0n) is 11.1. The highest BCUT2D eigenvalue weighted by atomic mass is 35.5. The van der Waals surface area contributed by atoms with Crippen LogP contribution in [0.4, 0.5) is 5.69 Å². The number of rotatable bonds is 5. The molecule has 1 rings (SSSR count). The molecule has 0 saturated carbocycles. The number of carbonyl (C=O) groups is 2. The van der Waals surface area contributed by atoms with Gasteiger partial charge in [-0.1, -0.05) is 23.2 Å². The van der Waals surface area contributed by atoms with E-state index in [4.69, 9.17) is 28.3 Å². The van der Waals surface area contributed by atoms with Gasteiger partial charge in [0.05, 0.1) is 15.9 Å². The van der Waals surface area contributed by atoms with Crippen molar-refractivity contribution in [1.82, 2.24) is 5.32 Å². The van der Waals surface area contributed by atoms with Crippen LogP contribution in [0.2, 0.25) is 10.0 Å². The van der Waals surface area contributed by atoms with E-state index in [2.05, 4.69) is 5.32 Å². The van der Waals surface area contributed by atoms with E-state index in [-0.39, 0.29) is 15.6 Å². The van der Waals surface area contributed by atoms with Crippen molar-refractivity contribution in [2.45, 2.75) is 19.9 Å². The van der Waals surface area contributed by atoms with Crippen LogP contribution in [0.15, 0.2) is 12.1 Å². The number of hydrogen-bond acceptors (Lipinski definition) is 4. The molecule has 21 heavy (non-hydrogen) atoms. The topological polar surface area (TPSA) is 110 Å². The summed E-state index contributed by atoms with van der Waals surface area (Å²) in [4.78, 5) is 32.9. The minimum Gasteiger partial charge on any atom is -0.481 e. The van der Waals surface area contributed by atoms with Crippen molar-refractivity contribution in [2.75, 3.05) is 0 Å². The van der Waals surface area contributed by atoms with Crippen LogP contribution in [-0.4, -0.2) is 27.9 Å². The molecule has 0 aliphatic rings. The van der Waals surface area contributed by atoms with Crippen LogP contribution in [-0.2, 0) is 4.79 Å². The van der Waals surface area contributed by atoms with Gasteiger partial charge in [-0.25, -0.2) is 0 Å². The number of nitro benzene ring substituents is 1. The van der Waals surface area contributed by atoms with E-state index in [1.807, 2.05) is 0 Å². The lowest BCUT2D eigenvalue weighted by atomic mass is 10.0. The smallest absolute Gasteiger partial charge is 0.308 e. The number of halogens is 2. The number of carbonyl (C=O) groups excluding carboxylic acids is 1. The molecule has 0 spiro atoms. The summed E-state index contributed by atoms with van der Waals surface area (Å²) < 4.78 is 0. The molecule has 7 nitrogen and oxygen atoms in total. The first-order valence-corrected chi connectivity index (χ1v) is 6.57. The third-order valence-corrected chi connectivity index (χ3v) is 3.76. The summed E-state index contributed by atoms with van der Waals surface area (Å²) in [6.07, 6.45) is 0. The van der Waals surface area contributed by atoms with Crippen LogP contribution in [0.1, 0.15) is 24.2 Å². The lowest BCUT2D eigenvalue weighted by Gasteiger charge is -2.17. The molecular formula is C12H12Cl2N2O5. The van der Waals surface area contributed by atoms with Crippen molar-refractivity contribution < 1.29 is 19.6 Å². The Morgan fingerprint density at radius 1 is 1.33 bits per heavy atom. The second-order valence-electron chi connectivity index (χ2n) is 4.44. The van der Waals surface area contributed by atoms with E-state index < -0.39 is 34.4 Å². The molecule has 0 heterocycles. The zero-order valence-corrected chi connectivity index (χ0v) is 12.6. The van der Waals surface area contributed by atoms with Crippen molar-refractivity contribution in [3.05, 3.63) is 37.9 Å². The monoisotopic (exact) mass is 334 g/mol. The van der Waals surface area contributed by atoms with Gasteiger partial charge in [-0.2, -0.15) is 0 Å². The SMILES string of the molecule is CC(NC(=O)c1cc(Cl)c(Cl)c([N+](=O)[O-])c1)C(C)C(=O)O. The quantitative estimate of drug-likeness (QED) is 0.635. The molecule has 0 fully saturated rings. The van der Waals surface area contributed by atoms with Gasteiger partial charge >= 0.3 is 5.97 Å². The number of carboxylic acid groups (broad SMARTS) is 1. The predicted octanol–water partition coefficient (Wildman–Crippen LogP) is 2.74. The molecule has 114 valence electrons. The molecule has 0 radical (unpaired) electrons. The fourth-order valence-electron chi connectivity index (χ4n) is 1.47. The Labute approximate surface area is 130 Å². The number of aliphatic carboxylic acids is 1. The molecule has 2 atom stereocenters. The van der Waals surface area contributed by atoms with Gasteiger partial charge in [0, 0.05) is 17.7 Å². The predicted molar refractivity (Wildman–Crippen MR) is 76.8 cm³/mol. The largest absolute Gasteiger partial charge is 0.481 e. The fraction of sp³-hybridized carbons (Fsp3) is 0.333. The maximum atomic E-state index is 12.0. The molecule has 0 bridgehead atoms. The Kier molecular flexibility index (Phi) is 5.51. The maximum absolute atomic E-state index is 12.0. The van der Waals surface area contributed by atoms with E-state index in [9.17, 15) is 19.7 Å². The number of amides is 1. The van der Waals surface area contributed by atoms with Crippen LogP contribution in [0.5, 0.6) is 0 Å². The summed E-state index contributed by atoms with van der Waals surface area (Å²) in [5.41, 5.74) is -0.561. The second-order valence-corrected chi connectivity index (χ2v) is 5.22. The Hall–Kier alpha value is -1.86. The maximum Gasteiger partial charge on any atom is 0.308 e. The highest BCUT2D eigenvalue weighted by Gasteiger charge is 2.24. The molecule has 2 N–H and O–H groups in total. The molecule has 0 aliphatic carbocycles. The average molecular weight is 335 g/mol. The Bertz CT molecular complexity index is 606. The van der Waals surface area contributed by atoms with Gasteiger partial charge in [0.1, 0.15) is 5.02 Å². The Balaban J connectivity index is 3.03. The van der Waals surface area contributed by atoms with Crippen molar-refractivity contribution in [1.29, 1.82) is 0 Å². The number of benzene rings is 1.